The molecular formula is C16H29N3S. The number of hydrogen-bond acceptors (Lipinski definition) is 3. The molecule has 4 heteroatoms. The molecule has 0 bridgehead atoms. The SMILES string of the molecule is CCCNC(CCc1nccn1C)CC1CCSCC1. The lowest BCUT2D eigenvalue weighted by molar-refractivity contribution is 0.349. The Morgan fingerprint density at radius 3 is 2.90 bits per heavy atom. The molecule has 1 N–H and O–H groups in total. The minimum atomic E-state index is 0.666. The van der Waals surface area contributed by atoms with Gasteiger partial charge in [0, 0.05) is 31.9 Å². The summed E-state index contributed by atoms with van der Waals surface area (Å²) in [6.07, 6.45) is 11.7. The maximum atomic E-state index is 4.45. The van der Waals surface area contributed by atoms with Crippen molar-refractivity contribution in [3.8, 4) is 0 Å². The molecule has 1 fully saturated rings. The van der Waals surface area contributed by atoms with E-state index in [1.807, 2.05) is 12.4 Å². The van der Waals surface area contributed by atoms with Gasteiger partial charge in [-0.15, -0.1) is 0 Å². The van der Waals surface area contributed by atoms with Gasteiger partial charge in [-0.05, 0) is 56.1 Å². The van der Waals surface area contributed by atoms with Gasteiger partial charge in [0.1, 0.15) is 5.82 Å². The zero-order chi connectivity index (χ0) is 14.2. The number of imidazole rings is 1. The summed E-state index contributed by atoms with van der Waals surface area (Å²) in [6, 6.07) is 0.666. The van der Waals surface area contributed by atoms with Crippen molar-refractivity contribution in [2.45, 2.75) is 51.5 Å². The molecule has 114 valence electrons. The normalized spacial score (nSPS) is 18.3. The van der Waals surface area contributed by atoms with E-state index in [-0.39, 0.29) is 0 Å². The lowest BCUT2D eigenvalue weighted by atomic mass is 9.92. The molecule has 1 atom stereocenters. The minimum Gasteiger partial charge on any atom is -0.338 e. The minimum absolute atomic E-state index is 0.666. The lowest BCUT2D eigenvalue weighted by Gasteiger charge is -2.27. The van der Waals surface area contributed by atoms with Crippen molar-refractivity contribution in [3.05, 3.63) is 18.2 Å². The van der Waals surface area contributed by atoms with Crippen LogP contribution in [-0.2, 0) is 13.5 Å². The van der Waals surface area contributed by atoms with E-state index in [0.29, 0.717) is 6.04 Å². The van der Waals surface area contributed by atoms with Gasteiger partial charge in [0.15, 0.2) is 0 Å². The van der Waals surface area contributed by atoms with Gasteiger partial charge in [-0.3, -0.25) is 0 Å². The Morgan fingerprint density at radius 2 is 2.25 bits per heavy atom. The number of aryl methyl sites for hydroxylation is 2. The molecule has 0 aliphatic carbocycles. The van der Waals surface area contributed by atoms with E-state index in [1.54, 1.807) is 0 Å². The average molecular weight is 295 g/mol. The van der Waals surface area contributed by atoms with Gasteiger partial charge in [-0.2, -0.15) is 11.8 Å². The van der Waals surface area contributed by atoms with Crippen LogP contribution in [-0.4, -0.2) is 33.6 Å². The molecule has 2 heterocycles. The summed E-state index contributed by atoms with van der Waals surface area (Å²) < 4.78 is 2.15. The highest BCUT2D eigenvalue weighted by Crippen LogP contribution is 2.27. The summed E-state index contributed by atoms with van der Waals surface area (Å²) in [6.45, 7) is 3.40. The molecule has 1 aliphatic rings. The molecule has 1 aliphatic heterocycles. The first-order valence-corrected chi connectivity index (χ1v) is 9.22. The summed E-state index contributed by atoms with van der Waals surface area (Å²) in [5.74, 6) is 4.88. The molecule has 1 aromatic rings. The number of nitrogens with zero attached hydrogens (tertiary/aromatic N) is 2. The van der Waals surface area contributed by atoms with Crippen molar-refractivity contribution in [2.24, 2.45) is 13.0 Å². The number of rotatable bonds is 8. The van der Waals surface area contributed by atoms with E-state index >= 15 is 0 Å². The second kappa shape index (κ2) is 8.73. The smallest absolute Gasteiger partial charge is 0.108 e. The van der Waals surface area contributed by atoms with Gasteiger partial charge < -0.3 is 9.88 Å². The molecule has 0 amide bonds. The Bertz CT molecular complexity index is 372. The molecule has 0 aromatic carbocycles. The lowest BCUT2D eigenvalue weighted by Crippen LogP contribution is -2.33. The standard InChI is InChI=1S/C16H29N3S/c1-3-8-17-15(13-14-6-11-20-12-7-14)4-5-16-18-9-10-19(16)2/h9-10,14-15,17H,3-8,11-13H2,1-2H3. The number of aromatic nitrogens is 2. The maximum absolute atomic E-state index is 4.45. The van der Waals surface area contributed by atoms with E-state index in [1.165, 1.54) is 49.4 Å². The summed E-state index contributed by atoms with van der Waals surface area (Å²) >= 11 is 2.12. The van der Waals surface area contributed by atoms with Crippen LogP contribution in [0.5, 0.6) is 0 Å². The summed E-state index contributed by atoms with van der Waals surface area (Å²) in [5.41, 5.74) is 0. The molecule has 2 rings (SSSR count). The first-order valence-electron chi connectivity index (χ1n) is 8.07. The predicted octanol–water partition coefficient (Wildman–Crippen LogP) is 3.25. The third-order valence-corrected chi connectivity index (χ3v) is 5.33. The molecule has 0 radical (unpaired) electrons. The maximum Gasteiger partial charge on any atom is 0.108 e. The first-order chi connectivity index (χ1) is 9.79. The van der Waals surface area contributed by atoms with Crippen molar-refractivity contribution >= 4 is 11.8 Å². The Hall–Kier alpha value is -0.480. The number of hydrogen-bond donors (Lipinski definition) is 1. The van der Waals surface area contributed by atoms with E-state index in [4.69, 9.17) is 0 Å². The van der Waals surface area contributed by atoms with Crippen LogP contribution in [0.1, 0.15) is 44.9 Å². The van der Waals surface area contributed by atoms with Crippen molar-refractivity contribution < 1.29 is 0 Å². The van der Waals surface area contributed by atoms with Crippen LogP contribution in [0.25, 0.3) is 0 Å². The Kier molecular flexibility index (Phi) is 6.94. The van der Waals surface area contributed by atoms with E-state index in [2.05, 4.69) is 40.6 Å². The van der Waals surface area contributed by atoms with Crippen LogP contribution in [0.4, 0.5) is 0 Å². The van der Waals surface area contributed by atoms with Crippen LogP contribution in [0, 0.1) is 5.92 Å². The zero-order valence-corrected chi connectivity index (χ0v) is 13.8. The molecule has 1 aromatic heterocycles. The number of thioether (sulfide) groups is 1. The Morgan fingerprint density at radius 1 is 1.45 bits per heavy atom. The highest BCUT2D eigenvalue weighted by atomic mass is 32.2. The molecular weight excluding hydrogens is 266 g/mol. The fourth-order valence-electron chi connectivity index (χ4n) is 2.98. The molecule has 20 heavy (non-hydrogen) atoms. The predicted molar refractivity (Wildman–Crippen MR) is 88.3 cm³/mol. The van der Waals surface area contributed by atoms with Gasteiger partial charge in [0.2, 0.25) is 0 Å². The summed E-state index contributed by atoms with van der Waals surface area (Å²) in [5, 5.41) is 3.75. The molecule has 0 saturated carbocycles. The monoisotopic (exact) mass is 295 g/mol. The quantitative estimate of drug-likeness (QED) is 0.798. The molecule has 1 unspecified atom stereocenters. The molecule has 1 saturated heterocycles. The van der Waals surface area contributed by atoms with Crippen LogP contribution in [0.15, 0.2) is 12.4 Å². The van der Waals surface area contributed by atoms with Crippen molar-refractivity contribution in [1.29, 1.82) is 0 Å². The highest BCUT2D eigenvalue weighted by Gasteiger charge is 2.19. The zero-order valence-electron chi connectivity index (χ0n) is 13.0. The van der Waals surface area contributed by atoms with E-state index in [9.17, 15) is 0 Å². The number of nitrogens with one attached hydrogen (secondary N) is 1. The fraction of sp³-hybridized carbons (Fsp3) is 0.812. The second-order valence-corrected chi connectivity index (χ2v) is 7.16. The fourth-order valence-corrected chi connectivity index (χ4v) is 4.18. The van der Waals surface area contributed by atoms with Gasteiger partial charge >= 0.3 is 0 Å². The average Bonchev–Trinajstić information content (AvgIpc) is 2.88. The van der Waals surface area contributed by atoms with Crippen LogP contribution < -0.4 is 5.32 Å². The summed E-state index contributed by atoms with van der Waals surface area (Å²) in [4.78, 5) is 4.45. The van der Waals surface area contributed by atoms with Gasteiger partial charge in [0.25, 0.3) is 0 Å². The third kappa shape index (κ3) is 5.13. The second-order valence-electron chi connectivity index (χ2n) is 5.94. The van der Waals surface area contributed by atoms with Gasteiger partial charge in [-0.25, -0.2) is 4.98 Å². The van der Waals surface area contributed by atoms with E-state index < -0.39 is 0 Å². The first kappa shape index (κ1) is 15.9. The van der Waals surface area contributed by atoms with Crippen molar-refractivity contribution in [2.75, 3.05) is 18.1 Å². The van der Waals surface area contributed by atoms with Crippen molar-refractivity contribution in [3.63, 3.8) is 0 Å². The largest absolute Gasteiger partial charge is 0.338 e. The topological polar surface area (TPSA) is 29.9 Å². The van der Waals surface area contributed by atoms with Crippen LogP contribution >= 0.6 is 11.8 Å². The Balaban J connectivity index is 1.80. The van der Waals surface area contributed by atoms with Crippen LogP contribution in [0.3, 0.4) is 0 Å². The Labute approximate surface area is 127 Å². The van der Waals surface area contributed by atoms with Crippen LogP contribution in [0.2, 0.25) is 0 Å². The molecule has 3 nitrogen and oxygen atoms in total. The van der Waals surface area contributed by atoms with Crippen molar-refractivity contribution in [1.82, 2.24) is 14.9 Å². The molecule has 0 spiro atoms. The van der Waals surface area contributed by atoms with Gasteiger partial charge in [-0.1, -0.05) is 6.92 Å². The summed E-state index contributed by atoms with van der Waals surface area (Å²) in [7, 11) is 2.09. The van der Waals surface area contributed by atoms with E-state index in [0.717, 1.165) is 18.9 Å². The third-order valence-electron chi connectivity index (χ3n) is 4.28. The van der Waals surface area contributed by atoms with Gasteiger partial charge in [0.05, 0.1) is 0 Å². The highest BCUT2D eigenvalue weighted by molar-refractivity contribution is 7.99.